The van der Waals surface area contributed by atoms with Crippen molar-refractivity contribution in [1.82, 2.24) is 40.2 Å². The summed E-state index contributed by atoms with van der Waals surface area (Å²) in [6.45, 7) is 8.23. The molecule has 9 nitrogen and oxygen atoms in total. The first-order valence-electron chi connectivity index (χ1n) is 9.56. The summed E-state index contributed by atoms with van der Waals surface area (Å²) >= 11 is 0. The van der Waals surface area contributed by atoms with Crippen molar-refractivity contribution in [3.8, 4) is 11.4 Å². The Hall–Kier alpha value is -3.07. The second-order valence-electron chi connectivity index (χ2n) is 6.37. The Kier molecular flexibility index (Phi) is 6.85. The summed E-state index contributed by atoms with van der Waals surface area (Å²) in [7, 11) is 0. The molecule has 0 saturated heterocycles. The monoisotopic (exact) mass is 382 g/mol. The number of hydrogen-bond donors (Lipinski definition) is 1. The van der Waals surface area contributed by atoms with Gasteiger partial charge in [-0.15, -0.1) is 15.0 Å². The van der Waals surface area contributed by atoms with Crippen molar-refractivity contribution in [3.05, 3.63) is 48.3 Å². The van der Waals surface area contributed by atoms with E-state index in [-0.39, 0.29) is 12.6 Å². The van der Waals surface area contributed by atoms with Gasteiger partial charge in [-0.3, -0.25) is 4.79 Å². The van der Waals surface area contributed by atoms with Crippen LogP contribution in [0.25, 0.3) is 11.4 Å². The molecule has 1 amide bonds. The van der Waals surface area contributed by atoms with Gasteiger partial charge in [0.15, 0.2) is 6.67 Å². The minimum absolute atomic E-state index is 0.171. The van der Waals surface area contributed by atoms with Crippen LogP contribution in [0, 0.1) is 0 Å². The zero-order chi connectivity index (χ0) is 19.8. The highest BCUT2D eigenvalue weighted by Crippen LogP contribution is 2.11. The van der Waals surface area contributed by atoms with E-state index < -0.39 is 0 Å². The van der Waals surface area contributed by atoms with Crippen molar-refractivity contribution >= 4 is 5.91 Å². The second-order valence-corrected chi connectivity index (χ2v) is 6.37. The number of aromatic nitrogens is 6. The third-order valence-corrected chi connectivity index (χ3v) is 4.46. The maximum atomic E-state index is 12.2. The van der Waals surface area contributed by atoms with E-state index in [0.29, 0.717) is 18.1 Å². The summed E-state index contributed by atoms with van der Waals surface area (Å²) in [6.07, 6.45) is 2.65. The fraction of sp³-hybridized carbons (Fsp3) is 0.421. The van der Waals surface area contributed by atoms with Crippen molar-refractivity contribution in [3.63, 3.8) is 0 Å². The van der Waals surface area contributed by atoms with E-state index in [2.05, 4.69) is 44.6 Å². The molecule has 0 aliphatic rings. The largest absolute Gasteiger partial charge is 0.351 e. The van der Waals surface area contributed by atoms with E-state index in [4.69, 9.17) is 0 Å². The Morgan fingerprint density at radius 1 is 1.11 bits per heavy atom. The molecule has 3 rings (SSSR count). The maximum absolute atomic E-state index is 12.2. The van der Waals surface area contributed by atoms with Crippen molar-refractivity contribution in [1.29, 1.82) is 0 Å². The van der Waals surface area contributed by atoms with E-state index in [1.807, 2.05) is 30.3 Å². The van der Waals surface area contributed by atoms with Crippen LogP contribution in [-0.2, 0) is 6.67 Å². The number of nitrogens with one attached hydrogen (secondary N) is 1. The second kappa shape index (κ2) is 9.75. The topological polar surface area (TPSA) is 93.8 Å². The highest BCUT2D eigenvalue weighted by atomic mass is 16.1. The summed E-state index contributed by atoms with van der Waals surface area (Å²) in [4.78, 5) is 16.0. The van der Waals surface area contributed by atoms with Gasteiger partial charge < -0.3 is 10.2 Å². The number of nitrogens with zero attached hydrogens (tertiary/aromatic N) is 7. The third kappa shape index (κ3) is 5.23. The fourth-order valence-corrected chi connectivity index (χ4v) is 2.83. The van der Waals surface area contributed by atoms with Crippen LogP contribution in [0.1, 0.15) is 30.8 Å². The SMILES string of the molecule is CCN(CC)CCCNC(=O)c1ccn(Cn2nnc(-c3ccccc3)n2)n1. The zero-order valence-corrected chi connectivity index (χ0v) is 16.3. The Morgan fingerprint density at radius 3 is 2.64 bits per heavy atom. The number of benzene rings is 1. The van der Waals surface area contributed by atoms with Gasteiger partial charge in [0, 0.05) is 18.3 Å². The Balaban J connectivity index is 1.50. The van der Waals surface area contributed by atoms with Gasteiger partial charge in [0.2, 0.25) is 5.82 Å². The molecule has 0 aliphatic carbocycles. The van der Waals surface area contributed by atoms with Crippen LogP contribution in [0.15, 0.2) is 42.6 Å². The number of tetrazole rings is 1. The Labute approximate surface area is 164 Å². The lowest BCUT2D eigenvalue weighted by atomic mass is 10.2. The Bertz CT molecular complexity index is 869. The quantitative estimate of drug-likeness (QED) is 0.534. The molecule has 3 aromatic rings. The number of rotatable bonds is 10. The van der Waals surface area contributed by atoms with Gasteiger partial charge >= 0.3 is 0 Å². The van der Waals surface area contributed by atoms with Crippen LogP contribution in [-0.4, -0.2) is 67.0 Å². The molecule has 1 N–H and O–H groups in total. The molecular weight excluding hydrogens is 356 g/mol. The van der Waals surface area contributed by atoms with Crippen molar-refractivity contribution < 1.29 is 4.79 Å². The zero-order valence-electron chi connectivity index (χ0n) is 16.3. The van der Waals surface area contributed by atoms with Gasteiger partial charge in [0.25, 0.3) is 5.91 Å². The average molecular weight is 382 g/mol. The van der Waals surface area contributed by atoms with E-state index in [1.54, 1.807) is 16.9 Å². The van der Waals surface area contributed by atoms with E-state index in [1.165, 1.54) is 4.80 Å². The van der Waals surface area contributed by atoms with Gasteiger partial charge in [0.1, 0.15) is 5.69 Å². The van der Waals surface area contributed by atoms with Crippen molar-refractivity contribution in [2.45, 2.75) is 26.9 Å². The first kappa shape index (κ1) is 19.7. The molecule has 0 saturated carbocycles. The van der Waals surface area contributed by atoms with Crippen LogP contribution in [0.3, 0.4) is 0 Å². The third-order valence-electron chi connectivity index (χ3n) is 4.46. The molecule has 0 spiro atoms. The summed E-state index contributed by atoms with van der Waals surface area (Å²) in [5, 5.41) is 19.7. The lowest BCUT2D eigenvalue weighted by Gasteiger charge is -2.17. The summed E-state index contributed by atoms with van der Waals surface area (Å²) in [6, 6.07) is 11.3. The van der Waals surface area contributed by atoms with E-state index in [0.717, 1.165) is 31.6 Å². The summed E-state index contributed by atoms with van der Waals surface area (Å²) < 4.78 is 1.61. The normalized spacial score (nSPS) is 11.1. The number of carbonyl (C=O) groups excluding carboxylic acids is 1. The molecule has 28 heavy (non-hydrogen) atoms. The predicted molar refractivity (Wildman–Crippen MR) is 106 cm³/mol. The molecule has 1 aromatic carbocycles. The minimum Gasteiger partial charge on any atom is -0.351 e. The lowest BCUT2D eigenvalue weighted by molar-refractivity contribution is 0.0945. The van der Waals surface area contributed by atoms with Gasteiger partial charge in [-0.25, -0.2) is 4.68 Å². The predicted octanol–water partition coefficient (Wildman–Crippen LogP) is 1.50. The number of hydrogen-bond acceptors (Lipinski definition) is 6. The molecule has 0 fully saturated rings. The van der Waals surface area contributed by atoms with Crippen LogP contribution in [0.2, 0.25) is 0 Å². The minimum atomic E-state index is -0.171. The molecule has 0 unspecified atom stereocenters. The van der Waals surface area contributed by atoms with E-state index in [9.17, 15) is 4.79 Å². The van der Waals surface area contributed by atoms with E-state index >= 15 is 0 Å². The summed E-state index contributed by atoms with van der Waals surface area (Å²) in [5.41, 5.74) is 1.28. The lowest BCUT2D eigenvalue weighted by Crippen LogP contribution is -2.30. The standard InChI is InChI=1S/C19H26N8O/c1-3-25(4-2)13-8-12-20-19(28)17-11-14-26(22-17)15-27-23-18(21-24-27)16-9-6-5-7-10-16/h5-7,9-11,14H,3-4,8,12-13,15H2,1-2H3,(H,20,28). The van der Waals surface area contributed by atoms with Crippen molar-refractivity contribution in [2.24, 2.45) is 0 Å². The van der Waals surface area contributed by atoms with Crippen LogP contribution in [0.5, 0.6) is 0 Å². The van der Waals surface area contributed by atoms with Crippen LogP contribution in [0.4, 0.5) is 0 Å². The van der Waals surface area contributed by atoms with Gasteiger partial charge in [0.05, 0.1) is 0 Å². The Morgan fingerprint density at radius 2 is 1.89 bits per heavy atom. The molecule has 0 aliphatic heterocycles. The van der Waals surface area contributed by atoms with Crippen LogP contribution >= 0.6 is 0 Å². The van der Waals surface area contributed by atoms with Gasteiger partial charge in [-0.05, 0) is 37.3 Å². The van der Waals surface area contributed by atoms with Gasteiger partial charge in [-0.1, -0.05) is 44.2 Å². The average Bonchev–Trinajstić information content (AvgIpc) is 3.39. The maximum Gasteiger partial charge on any atom is 0.271 e. The van der Waals surface area contributed by atoms with Crippen molar-refractivity contribution in [2.75, 3.05) is 26.2 Å². The smallest absolute Gasteiger partial charge is 0.271 e. The number of carbonyl (C=O) groups is 1. The molecular formula is C19H26N8O. The molecule has 148 valence electrons. The van der Waals surface area contributed by atoms with Crippen LogP contribution < -0.4 is 5.32 Å². The fourth-order valence-electron chi connectivity index (χ4n) is 2.83. The molecule has 2 aromatic heterocycles. The van der Waals surface area contributed by atoms with Gasteiger partial charge in [-0.2, -0.15) is 5.10 Å². The molecule has 0 radical (unpaired) electrons. The molecule has 0 atom stereocenters. The molecule has 2 heterocycles. The molecule has 9 heteroatoms. The summed E-state index contributed by atoms with van der Waals surface area (Å²) in [5.74, 6) is 0.383. The first-order valence-corrected chi connectivity index (χ1v) is 9.56. The highest BCUT2D eigenvalue weighted by Gasteiger charge is 2.11. The highest BCUT2D eigenvalue weighted by molar-refractivity contribution is 5.92. The molecule has 0 bridgehead atoms. The first-order chi connectivity index (χ1) is 13.7. The number of amides is 1.